The molecule has 154 valence electrons. The zero-order valence-corrected chi connectivity index (χ0v) is 17.5. The summed E-state index contributed by atoms with van der Waals surface area (Å²) in [6.45, 7) is 12.5. The number of quaternary nitrogens is 1. The van der Waals surface area contributed by atoms with E-state index in [2.05, 4.69) is 18.9 Å². The topological polar surface area (TPSA) is 64.6 Å². The van der Waals surface area contributed by atoms with E-state index in [0.29, 0.717) is 24.1 Å². The summed E-state index contributed by atoms with van der Waals surface area (Å²) < 4.78 is 11.5. The Kier molecular flexibility index (Phi) is 7.38. The highest BCUT2D eigenvalue weighted by Gasteiger charge is 2.32. The molecule has 0 spiro atoms. The SMILES string of the molecule is C=C(CC(=O)N[C@@H](Cc1ccccc1)C(=O)OC(C)(C)C)[N+]1(C)CCOCC1. The van der Waals surface area contributed by atoms with Crippen molar-refractivity contribution in [2.24, 2.45) is 0 Å². The Bertz CT molecular complexity index is 688. The minimum absolute atomic E-state index is 0.171. The van der Waals surface area contributed by atoms with E-state index in [1.165, 1.54) is 0 Å². The molecule has 1 heterocycles. The minimum atomic E-state index is -0.739. The molecule has 1 aliphatic heterocycles. The van der Waals surface area contributed by atoms with Crippen molar-refractivity contribution in [3.05, 3.63) is 48.2 Å². The first-order valence-corrected chi connectivity index (χ1v) is 9.76. The highest BCUT2D eigenvalue weighted by Crippen LogP contribution is 2.19. The van der Waals surface area contributed by atoms with Crippen molar-refractivity contribution in [1.82, 2.24) is 5.32 Å². The molecule has 6 heteroatoms. The quantitative estimate of drug-likeness (QED) is 0.575. The average Bonchev–Trinajstić information content (AvgIpc) is 2.61. The van der Waals surface area contributed by atoms with Crippen LogP contribution in [0, 0.1) is 0 Å². The lowest BCUT2D eigenvalue weighted by Gasteiger charge is -2.38. The first-order chi connectivity index (χ1) is 13.1. The summed E-state index contributed by atoms with van der Waals surface area (Å²) in [7, 11) is 2.06. The first-order valence-electron chi connectivity index (χ1n) is 9.76. The van der Waals surface area contributed by atoms with Gasteiger partial charge in [0.25, 0.3) is 0 Å². The predicted molar refractivity (Wildman–Crippen MR) is 108 cm³/mol. The summed E-state index contributed by atoms with van der Waals surface area (Å²) >= 11 is 0. The number of esters is 1. The molecule has 0 unspecified atom stereocenters. The normalized spacial score (nSPS) is 17.4. The van der Waals surface area contributed by atoms with Crippen LogP contribution in [0.3, 0.4) is 0 Å². The molecule has 28 heavy (non-hydrogen) atoms. The van der Waals surface area contributed by atoms with Gasteiger partial charge in [0.05, 0.1) is 20.3 Å². The lowest BCUT2D eigenvalue weighted by atomic mass is 10.0. The number of morpholine rings is 1. The molecule has 0 bridgehead atoms. The van der Waals surface area contributed by atoms with Gasteiger partial charge in [-0.1, -0.05) is 30.3 Å². The van der Waals surface area contributed by atoms with E-state index in [0.717, 1.165) is 24.4 Å². The second-order valence-corrected chi connectivity index (χ2v) is 8.54. The fraction of sp³-hybridized carbons (Fsp3) is 0.545. The first kappa shape index (κ1) is 22.1. The Morgan fingerprint density at radius 3 is 2.39 bits per heavy atom. The molecule has 1 fully saturated rings. The van der Waals surface area contributed by atoms with Gasteiger partial charge in [-0.25, -0.2) is 4.79 Å². The van der Waals surface area contributed by atoms with Crippen LogP contribution in [0.15, 0.2) is 42.6 Å². The van der Waals surface area contributed by atoms with Crippen LogP contribution < -0.4 is 5.32 Å². The van der Waals surface area contributed by atoms with Crippen LogP contribution in [0.2, 0.25) is 0 Å². The number of likely N-dealkylation sites (N-methyl/N-ethyl adjacent to an activating group) is 1. The summed E-state index contributed by atoms with van der Waals surface area (Å²) in [5.41, 5.74) is 1.17. The van der Waals surface area contributed by atoms with Crippen LogP contribution in [0.5, 0.6) is 0 Å². The van der Waals surface area contributed by atoms with Crippen LogP contribution in [0.25, 0.3) is 0 Å². The van der Waals surface area contributed by atoms with Crippen molar-refractivity contribution in [3.63, 3.8) is 0 Å². The van der Waals surface area contributed by atoms with Gasteiger partial charge in [-0.2, -0.15) is 0 Å². The van der Waals surface area contributed by atoms with Gasteiger partial charge in [-0.3, -0.25) is 9.28 Å². The lowest BCUT2D eigenvalue weighted by molar-refractivity contribution is -0.881. The number of hydrogen-bond donors (Lipinski definition) is 1. The van der Waals surface area contributed by atoms with Gasteiger partial charge in [-0.05, 0) is 32.9 Å². The lowest BCUT2D eigenvalue weighted by Crippen LogP contribution is -2.52. The van der Waals surface area contributed by atoms with E-state index in [9.17, 15) is 9.59 Å². The van der Waals surface area contributed by atoms with E-state index in [4.69, 9.17) is 9.47 Å². The fourth-order valence-electron chi connectivity index (χ4n) is 3.10. The van der Waals surface area contributed by atoms with Crippen LogP contribution in [0.4, 0.5) is 0 Å². The number of amides is 1. The molecule has 6 nitrogen and oxygen atoms in total. The zero-order chi connectivity index (χ0) is 20.8. The van der Waals surface area contributed by atoms with Crippen LogP contribution >= 0.6 is 0 Å². The summed E-state index contributed by atoms with van der Waals surface area (Å²) in [5.74, 6) is -0.648. The Balaban J connectivity index is 2.04. The smallest absolute Gasteiger partial charge is 0.329 e. The van der Waals surface area contributed by atoms with Crippen molar-refractivity contribution in [2.75, 3.05) is 33.4 Å². The van der Waals surface area contributed by atoms with Gasteiger partial charge in [-0.15, -0.1) is 0 Å². The maximum Gasteiger partial charge on any atom is 0.329 e. The fourth-order valence-corrected chi connectivity index (χ4v) is 3.10. The number of hydrogen-bond acceptors (Lipinski definition) is 4. The number of carbonyl (C=O) groups is 2. The van der Waals surface area contributed by atoms with Crippen molar-refractivity contribution in [3.8, 4) is 0 Å². The molecule has 0 radical (unpaired) electrons. The Labute approximate surface area is 168 Å². The molecular formula is C22H33N2O4+. The number of carbonyl (C=O) groups excluding carboxylic acids is 2. The summed E-state index contributed by atoms with van der Waals surface area (Å²) in [5, 5.41) is 2.86. The molecular weight excluding hydrogens is 356 g/mol. The van der Waals surface area contributed by atoms with E-state index in [-0.39, 0.29) is 12.3 Å². The standard InChI is InChI=1S/C22H32N2O4/c1-17(24(5)11-13-27-14-12-24)15-20(25)23-19(21(26)28-22(2,3)4)16-18-9-7-6-8-10-18/h6-10,19H,1,11-16H2,2-5H3/p+1/t19-/m0/s1. The van der Waals surface area contributed by atoms with Gasteiger partial charge in [0.15, 0.2) is 0 Å². The summed E-state index contributed by atoms with van der Waals surface area (Å²) in [6, 6.07) is 8.87. The van der Waals surface area contributed by atoms with E-state index in [1.54, 1.807) is 0 Å². The third kappa shape index (κ3) is 6.77. The number of nitrogens with zero attached hydrogens (tertiary/aromatic N) is 1. The largest absolute Gasteiger partial charge is 0.458 e. The number of ether oxygens (including phenoxy) is 2. The van der Waals surface area contributed by atoms with Crippen LogP contribution in [0.1, 0.15) is 32.8 Å². The second-order valence-electron chi connectivity index (χ2n) is 8.54. The predicted octanol–water partition coefficient (Wildman–Crippen LogP) is 2.44. The Hall–Kier alpha value is -2.18. The van der Waals surface area contributed by atoms with E-state index < -0.39 is 17.6 Å². The maximum absolute atomic E-state index is 12.7. The zero-order valence-electron chi connectivity index (χ0n) is 17.5. The Morgan fingerprint density at radius 1 is 1.21 bits per heavy atom. The van der Waals surface area contributed by atoms with Crippen molar-refractivity contribution >= 4 is 11.9 Å². The van der Waals surface area contributed by atoms with E-state index in [1.807, 2.05) is 51.1 Å². The highest BCUT2D eigenvalue weighted by atomic mass is 16.6. The molecule has 1 aromatic carbocycles. The molecule has 2 rings (SSSR count). The molecule has 1 aliphatic rings. The third-order valence-electron chi connectivity index (χ3n) is 4.90. The molecule has 1 N–H and O–H groups in total. The molecule has 0 aliphatic carbocycles. The monoisotopic (exact) mass is 389 g/mol. The molecule has 1 aromatic rings. The molecule has 0 saturated carbocycles. The minimum Gasteiger partial charge on any atom is -0.458 e. The van der Waals surface area contributed by atoms with Crippen molar-refractivity contribution in [1.29, 1.82) is 0 Å². The number of benzene rings is 1. The Morgan fingerprint density at radius 2 is 1.82 bits per heavy atom. The summed E-state index contributed by atoms with van der Waals surface area (Å²) in [4.78, 5) is 25.4. The summed E-state index contributed by atoms with van der Waals surface area (Å²) in [6.07, 6.45) is 0.554. The third-order valence-corrected chi connectivity index (χ3v) is 4.90. The van der Waals surface area contributed by atoms with Gasteiger partial charge in [0.2, 0.25) is 5.91 Å². The van der Waals surface area contributed by atoms with E-state index >= 15 is 0 Å². The molecule has 0 aromatic heterocycles. The van der Waals surface area contributed by atoms with Gasteiger partial charge in [0.1, 0.15) is 36.9 Å². The van der Waals surface area contributed by atoms with Gasteiger partial charge in [0, 0.05) is 6.42 Å². The average molecular weight is 390 g/mol. The number of nitrogens with one attached hydrogen (secondary N) is 1. The molecule has 1 atom stereocenters. The second kappa shape index (κ2) is 9.34. The molecule has 1 saturated heterocycles. The van der Waals surface area contributed by atoms with Crippen molar-refractivity contribution < 1.29 is 23.5 Å². The van der Waals surface area contributed by atoms with Gasteiger partial charge < -0.3 is 14.8 Å². The number of rotatable bonds is 7. The molecule has 1 amide bonds. The van der Waals surface area contributed by atoms with Crippen LogP contribution in [-0.2, 0) is 25.5 Å². The van der Waals surface area contributed by atoms with Crippen molar-refractivity contribution in [2.45, 2.75) is 45.3 Å². The maximum atomic E-state index is 12.7. The van der Waals surface area contributed by atoms with Gasteiger partial charge >= 0.3 is 5.97 Å². The highest BCUT2D eigenvalue weighted by molar-refractivity contribution is 5.85. The van der Waals surface area contributed by atoms with Crippen LogP contribution in [-0.4, -0.2) is 61.4 Å².